The molecular weight excluding hydrogens is 330 g/mol. The van der Waals surface area contributed by atoms with Crippen molar-refractivity contribution in [3.63, 3.8) is 0 Å². The first-order valence-electron chi connectivity index (χ1n) is 9.20. The van der Waals surface area contributed by atoms with E-state index in [9.17, 15) is 4.79 Å². The molecule has 26 heavy (non-hydrogen) atoms. The van der Waals surface area contributed by atoms with Crippen molar-refractivity contribution in [3.05, 3.63) is 41.6 Å². The van der Waals surface area contributed by atoms with Crippen LogP contribution in [0.1, 0.15) is 59.5 Å². The minimum atomic E-state index is 0.0451. The van der Waals surface area contributed by atoms with Crippen LogP contribution in [0.3, 0.4) is 0 Å². The molecule has 3 aromatic rings. The van der Waals surface area contributed by atoms with E-state index in [-0.39, 0.29) is 11.8 Å². The summed E-state index contributed by atoms with van der Waals surface area (Å²) in [7, 11) is 1.80. The summed E-state index contributed by atoms with van der Waals surface area (Å²) >= 11 is 0. The number of rotatable bonds is 3. The average molecular weight is 351 g/mol. The van der Waals surface area contributed by atoms with Crippen LogP contribution >= 0.6 is 0 Å². The fourth-order valence-electron chi connectivity index (χ4n) is 3.76. The van der Waals surface area contributed by atoms with Gasteiger partial charge in [0.1, 0.15) is 5.69 Å². The normalized spacial score (nSPS) is 18.6. The maximum Gasteiger partial charge on any atom is 0.272 e. The Hall–Kier alpha value is -2.77. The molecule has 0 radical (unpaired) electrons. The van der Waals surface area contributed by atoms with Gasteiger partial charge in [0.25, 0.3) is 5.91 Å². The minimum Gasteiger partial charge on any atom is -0.337 e. The van der Waals surface area contributed by atoms with Crippen LogP contribution in [-0.4, -0.2) is 53.5 Å². The highest BCUT2D eigenvalue weighted by molar-refractivity contribution is 5.92. The molecule has 1 aliphatic heterocycles. The molecule has 0 aromatic carbocycles. The molecule has 8 nitrogen and oxygen atoms in total. The van der Waals surface area contributed by atoms with Crippen LogP contribution < -0.4 is 0 Å². The molecule has 8 heteroatoms. The fraction of sp³-hybridized carbons (Fsp3) is 0.500. The molecule has 2 aliphatic rings. The maximum atomic E-state index is 12.6. The summed E-state index contributed by atoms with van der Waals surface area (Å²) < 4.78 is 3.54. The lowest BCUT2D eigenvalue weighted by molar-refractivity contribution is 0.0699. The molecule has 0 spiro atoms. The molecule has 2 fully saturated rings. The van der Waals surface area contributed by atoms with Gasteiger partial charge in [0, 0.05) is 38.2 Å². The van der Waals surface area contributed by atoms with Crippen LogP contribution in [0.15, 0.2) is 24.4 Å². The number of nitrogens with zero attached hydrogens (tertiary/aromatic N) is 7. The lowest BCUT2D eigenvalue weighted by Gasteiger charge is -2.31. The summed E-state index contributed by atoms with van der Waals surface area (Å²) in [6.07, 6.45) is 5.86. The van der Waals surface area contributed by atoms with E-state index in [4.69, 9.17) is 5.10 Å². The Kier molecular flexibility index (Phi) is 3.51. The van der Waals surface area contributed by atoms with Crippen molar-refractivity contribution >= 4 is 11.6 Å². The van der Waals surface area contributed by atoms with Gasteiger partial charge in [-0.05, 0) is 43.9 Å². The smallest absolute Gasteiger partial charge is 0.272 e. The number of likely N-dealkylation sites (tertiary alicyclic amines) is 1. The maximum absolute atomic E-state index is 12.6. The zero-order chi connectivity index (χ0) is 17.7. The first-order chi connectivity index (χ1) is 12.7. The van der Waals surface area contributed by atoms with Gasteiger partial charge in [-0.15, -0.1) is 10.2 Å². The van der Waals surface area contributed by atoms with Gasteiger partial charge in [0.2, 0.25) is 0 Å². The molecule has 0 bridgehead atoms. The molecule has 4 heterocycles. The zero-order valence-electron chi connectivity index (χ0n) is 14.7. The Morgan fingerprint density at radius 3 is 2.54 bits per heavy atom. The average Bonchev–Trinajstić information content (AvgIpc) is 3.30. The van der Waals surface area contributed by atoms with Crippen LogP contribution in [0.2, 0.25) is 0 Å². The van der Waals surface area contributed by atoms with Crippen molar-refractivity contribution in [2.24, 2.45) is 7.05 Å². The van der Waals surface area contributed by atoms with Crippen LogP contribution in [0, 0.1) is 0 Å². The number of hydrogen-bond acceptors (Lipinski definition) is 5. The van der Waals surface area contributed by atoms with E-state index < -0.39 is 0 Å². The molecule has 1 amide bonds. The molecule has 134 valence electrons. The predicted molar refractivity (Wildman–Crippen MR) is 93.8 cm³/mol. The Balaban J connectivity index is 1.34. The third-order valence-corrected chi connectivity index (χ3v) is 5.49. The first-order valence-corrected chi connectivity index (χ1v) is 9.20. The van der Waals surface area contributed by atoms with Gasteiger partial charge in [-0.1, -0.05) is 0 Å². The topological polar surface area (TPSA) is 81.2 Å². The van der Waals surface area contributed by atoms with Crippen molar-refractivity contribution in [3.8, 4) is 0 Å². The number of carbonyl (C=O) groups excluding carboxylic acids is 1. The van der Waals surface area contributed by atoms with E-state index in [1.165, 1.54) is 12.8 Å². The van der Waals surface area contributed by atoms with Crippen LogP contribution in [-0.2, 0) is 7.05 Å². The van der Waals surface area contributed by atoms with Gasteiger partial charge in [0.05, 0.1) is 5.69 Å². The molecule has 3 aromatic heterocycles. The summed E-state index contributed by atoms with van der Waals surface area (Å²) in [6, 6.07) is 5.85. The summed E-state index contributed by atoms with van der Waals surface area (Å²) in [6.45, 7) is 1.43. The summed E-state index contributed by atoms with van der Waals surface area (Å²) in [5.74, 6) is 1.86. The zero-order valence-corrected chi connectivity index (χ0v) is 14.7. The highest BCUT2D eigenvalue weighted by Crippen LogP contribution is 2.39. The molecule has 1 saturated heterocycles. The molecule has 5 rings (SSSR count). The summed E-state index contributed by atoms with van der Waals surface area (Å²) in [5, 5.41) is 17.6. The largest absolute Gasteiger partial charge is 0.337 e. The molecular formula is C18H21N7O. The molecule has 0 N–H and O–H groups in total. The fourth-order valence-corrected chi connectivity index (χ4v) is 3.76. The van der Waals surface area contributed by atoms with Crippen molar-refractivity contribution in [2.75, 3.05) is 13.1 Å². The van der Waals surface area contributed by atoms with Gasteiger partial charge in [-0.3, -0.25) is 9.48 Å². The van der Waals surface area contributed by atoms with E-state index in [0.717, 1.165) is 30.0 Å². The summed E-state index contributed by atoms with van der Waals surface area (Å²) in [4.78, 5) is 14.5. The number of piperidine rings is 1. The van der Waals surface area contributed by atoms with Gasteiger partial charge < -0.3 is 4.90 Å². The number of carbonyl (C=O) groups is 1. The van der Waals surface area contributed by atoms with Gasteiger partial charge in [0.15, 0.2) is 11.5 Å². The van der Waals surface area contributed by atoms with Crippen molar-refractivity contribution < 1.29 is 4.79 Å². The Morgan fingerprint density at radius 2 is 1.85 bits per heavy atom. The first kappa shape index (κ1) is 15.5. The minimum absolute atomic E-state index is 0.0451. The lowest BCUT2D eigenvalue weighted by atomic mass is 9.96. The third kappa shape index (κ3) is 2.56. The van der Waals surface area contributed by atoms with Gasteiger partial charge >= 0.3 is 0 Å². The monoisotopic (exact) mass is 351 g/mol. The van der Waals surface area contributed by atoms with Crippen molar-refractivity contribution in [1.29, 1.82) is 0 Å². The van der Waals surface area contributed by atoms with Gasteiger partial charge in [-0.2, -0.15) is 14.7 Å². The Bertz CT molecular complexity index is 963. The van der Waals surface area contributed by atoms with E-state index in [1.807, 2.05) is 15.5 Å². The van der Waals surface area contributed by atoms with Crippen LogP contribution in [0.4, 0.5) is 0 Å². The molecule has 1 saturated carbocycles. The van der Waals surface area contributed by atoms with Crippen molar-refractivity contribution in [2.45, 2.75) is 37.5 Å². The lowest BCUT2D eigenvalue weighted by Crippen LogP contribution is -2.39. The number of aromatic nitrogens is 6. The highest BCUT2D eigenvalue weighted by Gasteiger charge is 2.30. The highest BCUT2D eigenvalue weighted by atomic mass is 16.2. The number of amides is 1. The second-order valence-corrected chi connectivity index (χ2v) is 7.27. The molecule has 0 unspecified atom stereocenters. The Morgan fingerprint density at radius 1 is 1.04 bits per heavy atom. The van der Waals surface area contributed by atoms with Crippen LogP contribution in [0.25, 0.3) is 5.65 Å². The third-order valence-electron chi connectivity index (χ3n) is 5.49. The molecule has 0 atom stereocenters. The second-order valence-electron chi connectivity index (χ2n) is 7.27. The number of fused-ring (bicyclic) bond motifs is 1. The van der Waals surface area contributed by atoms with E-state index in [0.29, 0.717) is 24.7 Å². The Labute approximate surface area is 150 Å². The van der Waals surface area contributed by atoms with Gasteiger partial charge in [-0.25, -0.2) is 0 Å². The molecule has 1 aliphatic carbocycles. The summed E-state index contributed by atoms with van der Waals surface area (Å²) in [5.41, 5.74) is 2.58. The SMILES string of the molecule is Cn1nccc1C(=O)N1CCC(c2nnc3ccc(C4CC4)nn23)CC1. The standard InChI is InChI=1S/C18H21N7O/c1-23-15(6-9-19-23)18(26)24-10-7-13(8-11-24)17-21-20-16-5-4-14(12-2-3-12)22-25(16)17/h4-6,9,12-13H,2-3,7-8,10-11H2,1H3. The van der Waals surface area contributed by atoms with E-state index >= 15 is 0 Å². The predicted octanol–water partition coefficient (Wildman–Crippen LogP) is 1.75. The quantitative estimate of drug-likeness (QED) is 0.718. The second kappa shape index (κ2) is 5.89. The van der Waals surface area contributed by atoms with E-state index in [1.54, 1.807) is 24.0 Å². The number of hydrogen-bond donors (Lipinski definition) is 0. The van der Waals surface area contributed by atoms with Crippen LogP contribution in [0.5, 0.6) is 0 Å². The number of aryl methyl sites for hydroxylation is 1. The van der Waals surface area contributed by atoms with E-state index in [2.05, 4.69) is 21.4 Å². The van der Waals surface area contributed by atoms with Crippen molar-refractivity contribution in [1.82, 2.24) is 34.5 Å².